The Morgan fingerprint density at radius 3 is 2.67 bits per heavy atom. The van der Waals surface area contributed by atoms with Gasteiger partial charge in [0.25, 0.3) is 0 Å². The van der Waals surface area contributed by atoms with Crippen LogP contribution in [-0.2, 0) is 0 Å². The van der Waals surface area contributed by atoms with Crippen molar-refractivity contribution in [2.24, 2.45) is 0 Å². The molecule has 0 bridgehead atoms. The number of rotatable bonds is 3. The molecular weight excluding hydrogens is 247 g/mol. The van der Waals surface area contributed by atoms with Crippen molar-refractivity contribution in [3.63, 3.8) is 0 Å². The summed E-state index contributed by atoms with van der Waals surface area (Å²) in [7, 11) is 0. The molecule has 0 atom stereocenters. The van der Waals surface area contributed by atoms with Crippen molar-refractivity contribution in [1.29, 1.82) is 5.26 Å². The largest absolute Gasteiger partial charge is 0.381 e. The monoisotopic (exact) mass is 264 g/mol. The number of halogens is 1. The number of hydrogen-bond acceptors (Lipinski definition) is 3. The third kappa shape index (κ3) is 3.17. The standard InChI is InChI=1S/C14H17FN2S/c1-18-13-5-3-12(4-6-13)17-14-7-2-11(15)8-10(14)9-16/h2,7-8,12-13,17H,3-6H2,1H3. The lowest BCUT2D eigenvalue weighted by Crippen LogP contribution is -2.27. The lowest BCUT2D eigenvalue weighted by molar-refractivity contribution is 0.473. The zero-order valence-corrected chi connectivity index (χ0v) is 11.3. The van der Waals surface area contributed by atoms with Crippen LogP contribution in [0.2, 0.25) is 0 Å². The van der Waals surface area contributed by atoms with E-state index in [0.29, 0.717) is 11.6 Å². The van der Waals surface area contributed by atoms with Crippen molar-refractivity contribution < 1.29 is 4.39 Å². The molecule has 18 heavy (non-hydrogen) atoms. The first-order chi connectivity index (χ1) is 8.72. The Balaban J connectivity index is 2.00. The van der Waals surface area contributed by atoms with Gasteiger partial charge in [-0.3, -0.25) is 0 Å². The first-order valence-corrected chi connectivity index (χ1v) is 7.50. The molecule has 0 aromatic heterocycles. The second-order valence-electron chi connectivity index (χ2n) is 4.66. The van der Waals surface area contributed by atoms with E-state index in [0.717, 1.165) is 23.8 Å². The molecule has 4 heteroatoms. The van der Waals surface area contributed by atoms with Gasteiger partial charge in [0.05, 0.1) is 11.3 Å². The van der Waals surface area contributed by atoms with Crippen LogP contribution in [0.4, 0.5) is 10.1 Å². The summed E-state index contributed by atoms with van der Waals surface area (Å²) in [6.45, 7) is 0. The van der Waals surface area contributed by atoms with E-state index in [1.165, 1.54) is 25.0 Å². The summed E-state index contributed by atoms with van der Waals surface area (Å²) in [6, 6.07) is 6.80. The van der Waals surface area contributed by atoms with Gasteiger partial charge in [0.15, 0.2) is 0 Å². The molecule has 0 radical (unpaired) electrons. The summed E-state index contributed by atoms with van der Waals surface area (Å²) in [4.78, 5) is 0. The van der Waals surface area contributed by atoms with Gasteiger partial charge in [0, 0.05) is 11.3 Å². The Bertz CT molecular complexity index is 448. The molecular formula is C14H17FN2S. The number of benzene rings is 1. The zero-order chi connectivity index (χ0) is 13.0. The van der Waals surface area contributed by atoms with Crippen molar-refractivity contribution in [3.05, 3.63) is 29.6 Å². The van der Waals surface area contributed by atoms with Gasteiger partial charge in [-0.2, -0.15) is 17.0 Å². The van der Waals surface area contributed by atoms with Crippen LogP contribution >= 0.6 is 11.8 Å². The highest BCUT2D eigenvalue weighted by Crippen LogP contribution is 2.29. The average molecular weight is 264 g/mol. The molecule has 0 aliphatic heterocycles. The fraction of sp³-hybridized carbons (Fsp3) is 0.500. The summed E-state index contributed by atoms with van der Waals surface area (Å²) in [6.07, 6.45) is 6.82. The Labute approximate surface area is 112 Å². The van der Waals surface area contributed by atoms with Crippen molar-refractivity contribution >= 4 is 17.4 Å². The molecule has 1 aliphatic carbocycles. The number of nitriles is 1. The molecule has 1 N–H and O–H groups in total. The van der Waals surface area contributed by atoms with Crippen LogP contribution in [0, 0.1) is 17.1 Å². The van der Waals surface area contributed by atoms with Crippen LogP contribution in [0.1, 0.15) is 31.2 Å². The first kappa shape index (κ1) is 13.2. The topological polar surface area (TPSA) is 35.8 Å². The van der Waals surface area contributed by atoms with Crippen LogP contribution in [-0.4, -0.2) is 17.5 Å². The maximum atomic E-state index is 13.0. The summed E-state index contributed by atoms with van der Waals surface area (Å²) in [5.41, 5.74) is 1.15. The SMILES string of the molecule is CSC1CCC(Nc2ccc(F)cc2C#N)CC1. The lowest BCUT2D eigenvalue weighted by atomic mass is 9.94. The van der Waals surface area contributed by atoms with Gasteiger partial charge >= 0.3 is 0 Å². The molecule has 2 rings (SSSR count). The zero-order valence-electron chi connectivity index (χ0n) is 10.4. The Kier molecular flexibility index (Phi) is 4.48. The minimum absolute atomic E-state index is 0.358. The highest BCUT2D eigenvalue weighted by molar-refractivity contribution is 7.99. The van der Waals surface area contributed by atoms with Crippen LogP contribution in [0.3, 0.4) is 0 Å². The van der Waals surface area contributed by atoms with Gasteiger partial charge in [-0.25, -0.2) is 4.39 Å². The number of hydrogen-bond donors (Lipinski definition) is 1. The summed E-state index contributed by atoms with van der Waals surface area (Å²) < 4.78 is 13.0. The van der Waals surface area contributed by atoms with Crippen molar-refractivity contribution in [3.8, 4) is 6.07 Å². The molecule has 0 saturated heterocycles. The van der Waals surface area contributed by atoms with Gasteiger partial charge in [0.2, 0.25) is 0 Å². The van der Waals surface area contributed by atoms with Gasteiger partial charge in [-0.15, -0.1) is 0 Å². The highest BCUT2D eigenvalue weighted by atomic mass is 32.2. The minimum atomic E-state index is -0.358. The van der Waals surface area contributed by atoms with Gasteiger partial charge in [-0.1, -0.05) is 0 Å². The van der Waals surface area contributed by atoms with E-state index in [2.05, 4.69) is 11.6 Å². The number of nitrogens with one attached hydrogen (secondary N) is 1. The van der Waals surface area contributed by atoms with Crippen LogP contribution in [0.5, 0.6) is 0 Å². The molecule has 0 amide bonds. The molecule has 0 unspecified atom stereocenters. The van der Waals surface area contributed by atoms with Crippen molar-refractivity contribution in [2.75, 3.05) is 11.6 Å². The second kappa shape index (κ2) is 6.10. The first-order valence-electron chi connectivity index (χ1n) is 6.22. The molecule has 1 saturated carbocycles. The van der Waals surface area contributed by atoms with Gasteiger partial charge < -0.3 is 5.32 Å². The highest BCUT2D eigenvalue weighted by Gasteiger charge is 2.20. The normalized spacial score (nSPS) is 23.4. The van der Waals surface area contributed by atoms with E-state index < -0.39 is 0 Å². The quantitative estimate of drug-likeness (QED) is 0.902. The minimum Gasteiger partial charge on any atom is -0.381 e. The maximum Gasteiger partial charge on any atom is 0.124 e. The smallest absolute Gasteiger partial charge is 0.124 e. The number of thioether (sulfide) groups is 1. The Morgan fingerprint density at radius 1 is 1.33 bits per heavy atom. The van der Waals surface area contributed by atoms with E-state index in [1.54, 1.807) is 6.07 Å². The van der Waals surface area contributed by atoms with Crippen LogP contribution < -0.4 is 5.32 Å². The molecule has 96 valence electrons. The predicted octanol–water partition coefficient (Wildman–Crippen LogP) is 3.78. The van der Waals surface area contributed by atoms with E-state index in [1.807, 2.05) is 17.8 Å². The average Bonchev–Trinajstić information content (AvgIpc) is 2.41. The Hall–Kier alpha value is -1.21. The van der Waals surface area contributed by atoms with Crippen molar-refractivity contribution in [1.82, 2.24) is 0 Å². The number of nitrogens with zero attached hydrogens (tertiary/aromatic N) is 1. The Morgan fingerprint density at radius 2 is 2.06 bits per heavy atom. The van der Waals surface area contributed by atoms with E-state index in [4.69, 9.17) is 5.26 Å². The van der Waals surface area contributed by atoms with E-state index in [-0.39, 0.29) is 5.82 Å². The number of anilines is 1. The van der Waals surface area contributed by atoms with Crippen molar-refractivity contribution in [2.45, 2.75) is 37.0 Å². The fourth-order valence-electron chi connectivity index (χ4n) is 2.40. The predicted molar refractivity (Wildman–Crippen MR) is 74.3 cm³/mol. The van der Waals surface area contributed by atoms with Crippen LogP contribution in [0.15, 0.2) is 18.2 Å². The molecule has 1 aromatic rings. The molecule has 1 aromatic carbocycles. The van der Waals surface area contributed by atoms with Gasteiger partial charge in [-0.05, 0) is 50.1 Å². The van der Waals surface area contributed by atoms with E-state index >= 15 is 0 Å². The summed E-state index contributed by atoms with van der Waals surface area (Å²) in [5.74, 6) is -0.358. The molecule has 2 nitrogen and oxygen atoms in total. The third-order valence-electron chi connectivity index (χ3n) is 3.47. The molecule has 1 aliphatic rings. The van der Waals surface area contributed by atoms with E-state index in [9.17, 15) is 4.39 Å². The molecule has 1 fully saturated rings. The fourth-order valence-corrected chi connectivity index (χ4v) is 3.14. The maximum absolute atomic E-state index is 13.0. The van der Waals surface area contributed by atoms with Crippen LogP contribution in [0.25, 0.3) is 0 Å². The summed E-state index contributed by atoms with van der Waals surface area (Å²) >= 11 is 1.93. The van der Waals surface area contributed by atoms with Gasteiger partial charge in [0.1, 0.15) is 11.9 Å². The third-order valence-corrected chi connectivity index (χ3v) is 4.61. The lowest BCUT2D eigenvalue weighted by Gasteiger charge is -2.29. The second-order valence-corrected chi connectivity index (χ2v) is 5.79. The summed E-state index contributed by atoms with van der Waals surface area (Å²) in [5, 5.41) is 13.1. The molecule has 0 heterocycles. The molecule has 0 spiro atoms.